The highest BCUT2D eigenvalue weighted by Crippen LogP contribution is 2.34. The minimum atomic E-state index is -0.0887. The van der Waals surface area contributed by atoms with Gasteiger partial charge in [0.2, 0.25) is 0 Å². The molecule has 7 nitrogen and oxygen atoms in total. The molecule has 1 atom stereocenters. The molecule has 2 heterocycles. The van der Waals surface area contributed by atoms with Gasteiger partial charge in [-0.3, -0.25) is 9.78 Å². The number of aryl methyl sites for hydroxylation is 1. The number of carbonyl (C=O) groups is 1. The fourth-order valence-electron chi connectivity index (χ4n) is 4.25. The second-order valence-corrected chi connectivity index (χ2v) is 8.05. The number of amides is 1. The summed E-state index contributed by atoms with van der Waals surface area (Å²) < 4.78 is 16.2. The van der Waals surface area contributed by atoms with Gasteiger partial charge in [-0.05, 0) is 49.7 Å². The van der Waals surface area contributed by atoms with Crippen LogP contribution in [-0.4, -0.2) is 50.2 Å². The number of likely N-dealkylation sites (tertiary alicyclic amines) is 1. The molecule has 3 aromatic rings. The van der Waals surface area contributed by atoms with Gasteiger partial charge in [0.25, 0.3) is 5.91 Å². The Morgan fingerprint density at radius 2 is 1.70 bits per heavy atom. The maximum atomic E-state index is 13.3. The number of benzene rings is 2. The SMILES string of the molecule is COc1cccc(Nc2cc(C)nc([C@@H]3CCN(C(=O)c4c(OC)cccc4OC)C3)c2)c1. The Morgan fingerprint density at radius 3 is 2.39 bits per heavy atom. The summed E-state index contributed by atoms with van der Waals surface area (Å²) in [4.78, 5) is 20.0. The summed E-state index contributed by atoms with van der Waals surface area (Å²) in [6.45, 7) is 3.23. The largest absolute Gasteiger partial charge is 0.497 e. The third-order valence-electron chi connectivity index (χ3n) is 5.87. The third-order valence-corrected chi connectivity index (χ3v) is 5.87. The molecule has 1 saturated heterocycles. The van der Waals surface area contributed by atoms with Crippen molar-refractivity contribution >= 4 is 17.3 Å². The minimum Gasteiger partial charge on any atom is -0.497 e. The van der Waals surface area contributed by atoms with Crippen LogP contribution in [0, 0.1) is 6.92 Å². The lowest BCUT2D eigenvalue weighted by atomic mass is 10.0. The summed E-state index contributed by atoms with van der Waals surface area (Å²) in [5, 5.41) is 3.44. The van der Waals surface area contributed by atoms with Crippen LogP contribution in [0.5, 0.6) is 17.2 Å². The highest BCUT2D eigenvalue weighted by Gasteiger charge is 2.32. The molecule has 0 bridgehead atoms. The lowest BCUT2D eigenvalue weighted by molar-refractivity contribution is 0.0783. The maximum absolute atomic E-state index is 13.3. The topological polar surface area (TPSA) is 72.9 Å². The molecule has 1 N–H and O–H groups in total. The van der Waals surface area contributed by atoms with Gasteiger partial charge in [-0.1, -0.05) is 12.1 Å². The van der Waals surface area contributed by atoms with Gasteiger partial charge < -0.3 is 24.4 Å². The first-order valence-electron chi connectivity index (χ1n) is 10.9. The van der Waals surface area contributed by atoms with Crippen molar-refractivity contribution in [2.75, 3.05) is 39.7 Å². The zero-order valence-corrected chi connectivity index (χ0v) is 19.4. The van der Waals surface area contributed by atoms with E-state index in [0.717, 1.165) is 34.9 Å². The average Bonchev–Trinajstić information content (AvgIpc) is 3.33. The Labute approximate surface area is 194 Å². The second-order valence-electron chi connectivity index (χ2n) is 8.05. The lowest BCUT2D eigenvalue weighted by Crippen LogP contribution is -2.29. The van der Waals surface area contributed by atoms with Gasteiger partial charge in [-0.2, -0.15) is 0 Å². The number of methoxy groups -OCH3 is 3. The predicted molar refractivity (Wildman–Crippen MR) is 128 cm³/mol. The quantitative estimate of drug-likeness (QED) is 0.562. The summed E-state index contributed by atoms with van der Waals surface area (Å²) >= 11 is 0. The molecule has 0 saturated carbocycles. The molecular weight excluding hydrogens is 418 g/mol. The Kier molecular flexibility index (Phi) is 6.68. The summed E-state index contributed by atoms with van der Waals surface area (Å²) in [6, 6.07) is 17.3. The van der Waals surface area contributed by atoms with E-state index in [1.165, 1.54) is 0 Å². The standard InChI is InChI=1S/C26H29N3O4/c1-17-13-20(28-19-7-5-8-21(14-19)31-2)15-22(27-17)18-11-12-29(16-18)26(30)25-23(32-3)9-6-10-24(25)33-4/h5-10,13-15,18H,11-12,16H2,1-4H3,(H,27,28)/t18-/m1/s1. The van der Waals surface area contributed by atoms with Crippen LogP contribution in [0.3, 0.4) is 0 Å². The van der Waals surface area contributed by atoms with Crippen LogP contribution in [0.4, 0.5) is 11.4 Å². The number of nitrogens with one attached hydrogen (secondary N) is 1. The number of hydrogen-bond donors (Lipinski definition) is 1. The molecular formula is C26H29N3O4. The van der Waals surface area contributed by atoms with Crippen molar-refractivity contribution in [3.8, 4) is 17.2 Å². The Balaban J connectivity index is 1.53. The highest BCUT2D eigenvalue weighted by molar-refractivity contribution is 6.00. The van der Waals surface area contributed by atoms with Gasteiger partial charge in [0, 0.05) is 47.8 Å². The van der Waals surface area contributed by atoms with Gasteiger partial charge in [0.05, 0.1) is 21.3 Å². The number of pyridine rings is 1. The number of anilines is 2. The van der Waals surface area contributed by atoms with E-state index < -0.39 is 0 Å². The van der Waals surface area contributed by atoms with Gasteiger partial charge in [-0.25, -0.2) is 0 Å². The van der Waals surface area contributed by atoms with Crippen molar-refractivity contribution in [2.45, 2.75) is 19.3 Å². The number of hydrogen-bond acceptors (Lipinski definition) is 6. The van der Waals surface area contributed by atoms with Crippen LogP contribution in [0.2, 0.25) is 0 Å². The summed E-state index contributed by atoms with van der Waals surface area (Å²) in [6.07, 6.45) is 0.845. The molecule has 2 aromatic carbocycles. The molecule has 1 aromatic heterocycles. The molecule has 4 rings (SSSR count). The van der Waals surface area contributed by atoms with Crippen LogP contribution in [0.25, 0.3) is 0 Å². The molecule has 172 valence electrons. The smallest absolute Gasteiger partial charge is 0.261 e. The molecule has 1 aliphatic heterocycles. The van der Waals surface area contributed by atoms with Crippen molar-refractivity contribution < 1.29 is 19.0 Å². The Hall–Kier alpha value is -3.74. The Bertz CT molecular complexity index is 1130. The molecule has 33 heavy (non-hydrogen) atoms. The number of ether oxygens (including phenoxy) is 3. The van der Waals surface area contributed by atoms with E-state index in [0.29, 0.717) is 30.2 Å². The highest BCUT2D eigenvalue weighted by atomic mass is 16.5. The van der Waals surface area contributed by atoms with Gasteiger partial charge >= 0.3 is 0 Å². The zero-order valence-electron chi connectivity index (χ0n) is 19.4. The monoisotopic (exact) mass is 447 g/mol. The molecule has 1 fully saturated rings. The van der Waals surface area contributed by atoms with E-state index in [9.17, 15) is 4.79 Å². The molecule has 0 radical (unpaired) electrons. The molecule has 1 aliphatic rings. The fourth-order valence-corrected chi connectivity index (χ4v) is 4.25. The average molecular weight is 448 g/mol. The second kappa shape index (κ2) is 9.81. The van der Waals surface area contributed by atoms with E-state index in [1.807, 2.05) is 48.2 Å². The fraction of sp³-hybridized carbons (Fsp3) is 0.308. The first-order chi connectivity index (χ1) is 16.0. The van der Waals surface area contributed by atoms with Crippen molar-refractivity contribution in [2.24, 2.45) is 0 Å². The Morgan fingerprint density at radius 1 is 0.970 bits per heavy atom. The van der Waals surface area contributed by atoms with Crippen molar-refractivity contribution in [3.05, 3.63) is 71.5 Å². The van der Waals surface area contributed by atoms with E-state index in [-0.39, 0.29) is 11.8 Å². The molecule has 0 aliphatic carbocycles. The van der Waals surface area contributed by atoms with Crippen LogP contribution >= 0.6 is 0 Å². The van der Waals surface area contributed by atoms with Crippen molar-refractivity contribution in [1.82, 2.24) is 9.88 Å². The normalized spacial score (nSPS) is 15.3. The van der Waals surface area contributed by atoms with Crippen LogP contribution in [0.15, 0.2) is 54.6 Å². The summed E-state index contributed by atoms with van der Waals surface area (Å²) in [5.74, 6) is 1.89. The van der Waals surface area contributed by atoms with Crippen molar-refractivity contribution in [3.63, 3.8) is 0 Å². The number of carbonyl (C=O) groups excluding carboxylic acids is 1. The zero-order chi connectivity index (χ0) is 23.4. The van der Waals surface area contributed by atoms with Gasteiger partial charge in [0.1, 0.15) is 22.8 Å². The number of nitrogens with zero attached hydrogens (tertiary/aromatic N) is 2. The molecule has 7 heteroatoms. The summed E-state index contributed by atoms with van der Waals surface area (Å²) in [7, 11) is 4.78. The van der Waals surface area contributed by atoms with E-state index in [2.05, 4.69) is 11.4 Å². The van der Waals surface area contributed by atoms with Crippen LogP contribution in [0.1, 0.15) is 34.1 Å². The number of rotatable bonds is 7. The van der Waals surface area contributed by atoms with E-state index in [4.69, 9.17) is 19.2 Å². The maximum Gasteiger partial charge on any atom is 0.261 e. The molecule has 0 unspecified atom stereocenters. The summed E-state index contributed by atoms with van der Waals surface area (Å²) in [5.41, 5.74) is 4.26. The van der Waals surface area contributed by atoms with Crippen LogP contribution < -0.4 is 19.5 Å². The van der Waals surface area contributed by atoms with Gasteiger partial charge in [0.15, 0.2) is 0 Å². The first kappa shape index (κ1) is 22.5. The third kappa shape index (κ3) is 4.87. The minimum absolute atomic E-state index is 0.0887. The molecule has 0 spiro atoms. The predicted octanol–water partition coefficient (Wildman–Crippen LogP) is 4.79. The lowest BCUT2D eigenvalue weighted by Gasteiger charge is -2.20. The van der Waals surface area contributed by atoms with Crippen LogP contribution in [-0.2, 0) is 0 Å². The van der Waals surface area contributed by atoms with Gasteiger partial charge in [-0.15, -0.1) is 0 Å². The first-order valence-corrected chi connectivity index (χ1v) is 10.9. The van der Waals surface area contributed by atoms with E-state index in [1.54, 1.807) is 33.5 Å². The number of aromatic nitrogens is 1. The van der Waals surface area contributed by atoms with Crippen molar-refractivity contribution in [1.29, 1.82) is 0 Å². The molecule has 1 amide bonds. The van der Waals surface area contributed by atoms with E-state index >= 15 is 0 Å².